The van der Waals surface area contributed by atoms with Crippen molar-refractivity contribution in [1.82, 2.24) is 10.2 Å². The van der Waals surface area contributed by atoms with E-state index in [1.165, 1.54) is 19.3 Å². The highest BCUT2D eigenvalue weighted by molar-refractivity contribution is 5.80. The highest BCUT2D eigenvalue weighted by atomic mass is 16.5. The maximum atomic E-state index is 12.8. The zero-order chi connectivity index (χ0) is 19.1. The second-order valence-corrected chi connectivity index (χ2v) is 8.56. The Labute approximate surface area is 163 Å². The lowest BCUT2D eigenvalue weighted by Gasteiger charge is -2.44. The quantitative estimate of drug-likeness (QED) is 0.769. The Balaban J connectivity index is 1.57. The topological polar surface area (TPSA) is 67.9 Å². The van der Waals surface area contributed by atoms with Crippen LogP contribution in [0.4, 0.5) is 0 Å². The molecule has 0 aromatic carbocycles. The second-order valence-electron chi connectivity index (χ2n) is 8.56. The largest absolute Gasteiger partial charge is 0.385 e. The number of methoxy groups -OCH3 is 1. The van der Waals surface area contributed by atoms with Gasteiger partial charge in [0, 0.05) is 57.4 Å². The fourth-order valence-electron chi connectivity index (χ4n) is 4.82. The van der Waals surface area contributed by atoms with Gasteiger partial charge in [-0.3, -0.25) is 9.59 Å². The number of carbonyl (C=O) groups excluding carboxylic acids is 2. The second kappa shape index (κ2) is 9.87. The van der Waals surface area contributed by atoms with Gasteiger partial charge in [-0.25, -0.2) is 0 Å². The molecule has 0 bridgehead atoms. The normalized spacial score (nSPS) is 24.6. The van der Waals surface area contributed by atoms with Gasteiger partial charge in [0.25, 0.3) is 0 Å². The van der Waals surface area contributed by atoms with Crippen LogP contribution in [-0.4, -0.2) is 62.3 Å². The van der Waals surface area contributed by atoms with E-state index >= 15 is 0 Å². The molecule has 2 heterocycles. The van der Waals surface area contributed by atoms with Crippen molar-refractivity contribution in [2.24, 2.45) is 11.8 Å². The molecule has 3 fully saturated rings. The summed E-state index contributed by atoms with van der Waals surface area (Å²) >= 11 is 0. The van der Waals surface area contributed by atoms with Crippen LogP contribution in [-0.2, 0) is 19.1 Å². The first-order valence-electron chi connectivity index (χ1n) is 10.8. The zero-order valence-corrected chi connectivity index (χ0v) is 16.8. The molecule has 1 N–H and O–H groups in total. The molecule has 1 aliphatic carbocycles. The van der Waals surface area contributed by atoms with Crippen LogP contribution in [0.2, 0.25) is 0 Å². The monoisotopic (exact) mass is 380 g/mol. The number of piperidine rings is 1. The predicted molar refractivity (Wildman–Crippen MR) is 103 cm³/mol. The molecule has 0 unspecified atom stereocenters. The van der Waals surface area contributed by atoms with Crippen LogP contribution >= 0.6 is 0 Å². The van der Waals surface area contributed by atoms with E-state index in [-0.39, 0.29) is 23.3 Å². The molecule has 3 rings (SSSR count). The zero-order valence-electron chi connectivity index (χ0n) is 16.8. The van der Waals surface area contributed by atoms with Gasteiger partial charge in [0.2, 0.25) is 11.8 Å². The molecule has 0 spiro atoms. The minimum atomic E-state index is -0.241. The Morgan fingerprint density at radius 3 is 2.33 bits per heavy atom. The van der Waals surface area contributed by atoms with E-state index in [0.717, 1.165) is 58.0 Å². The molecule has 0 atom stereocenters. The number of nitrogens with one attached hydrogen (secondary N) is 1. The predicted octanol–water partition coefficient (Wildman–Crippen LogP) is 2.51. The number of amides is 2. The molecule has 154 valence electrons. The van der Waals surface area contributed by atoms with Gasteiger partial charge in [-0.15, -0.1) is 0 Å². The van der Waals surface area contributed by atoms with E-state index in [2.05, 4.69) is 5.32 Å². The molecule has 0 aromatic heterocycles. The third-order valence-corrected chi connectivity index (χ3v) is 6.75. The van der Waals surface area contributed by atoms with E-state index in [1.54, 1.807) is 7.11 Å². The fourth-order valence-corrected chi connectivity index (χ4v) is 4.82. The molecule has 3 aliphatic rings. The molecular weight excluding hydrogens is 344 g/mol. The van der Waals surface area contributed by atoms with Crippen molar-refractivity contribution in [1.29, 1.82) is 0 Å². The lowest BCUT2D eigenvalue weighted by atomic mass is 9.82. The summed E-state index contributed by atoms with van der Waals surface area (Å²) in [5.41, 5.74) is -0.241. The van der Waals surface area contributed by atoms with Crippen LogP contribution in [0, 0.1) is 11.8 Å². The van der Waals surface area contributed by atoms with Gasteiger partial charge >= 0.3 is 0 Å². The van der Waals surface area contributed by atoms with Crippen molar-refractivity contribution < 1.29 is 19.1 Å². The number of hydrogen-bond acceptors (Lipinski definition) is 4. The summed E-state index contributed by atoms with van der Waals surface area (Å²) in [4.78, 5) is 27.7. The third kappa shape index (κ3) is 5.44. The maximum Gasteiger partial charge on any atom is 0.225 e. The Morgan fingerprint density at radius 2 is 1.70 bits per heavy atom. The molecule has 27 heavy (non-hydrogen) atoms. The summed E-state index contributed by atoms with van der Waals surface area (Å²) < 4.78 is 10.7. The van der Waals surface area contributed by atoms with Crippen LogP contribution in [0.3, 0.4) is 0 Å². The minimum absolute atomic E-state index is 0.0556. The van der Waals surface area contributed by atoms with Gasteiger partial charge in [0.1, 0.15) is 0 Å². The Hall–Kier alpha value is -1.14. The van der Waals surface area contributed by atoms with E-state index < -0.39 is 0 Å². The summed E-state index contributed by atoms with van der Waals surface area (Å²) in [6.45, 7) is 3.46. The molecule has 0 aromatic rings. The maximum absolute atomic E-state index is 12.8. The first-order valence-corrected chi connectivity index (χ1v) is 10.8. The molecular formula is C21H36N2O4. The number of carbonyl (C=O) groups is 2. The van der Waals surface area contributed by atoms with Crippen molar-refractivity contribution in [3.8, 4) is 0 Å². The average Bonchev–Trinajstić information content (AvgIpc) is 2.73. The Kier molecular flexibility index (Phi) is 7.53. The van der Waals surface area contributed by atoms with Crippen LogP contribution in [0.1, 0.15) is 64.2 Å². The summed E-state index contributed by atoms with van der Waals surface area (Å²) in [7, 11) is 1.70. The summed E-state index contributed by atoms with van der Waals surface area (Å²) in [5.74, 6) is 0.773. The smallest absolute Gasteiger partial charge is 0.225 e. The molecule has 2 amide bonds. The molecule has 2 aliphatic heterocycles. The van der Waals surface area contributed by atoms with Crippen LogP contribution in [0.15, 0.2) is 0 Å². The van der Waals surface area contributed by atoms with Crippen molar-refractivity contribution in [2.75, 3.05) is 40.0 Å². The van der Waals surface area contributed by atoms with Gasteiger partial charge in [-0.1, -0.05) is 19.3 Å². The lowest BCUT2D eigenvalue weighted by molar-refractivity contribution is -0.139. The molecule has 1 saturated carbocycles. The van der Waals surface area contributed by atoms with Crippen LogP contribution in [0.5, 0.6) is 0 Å². The van der Waals surface area contributed by atoms with E-state index in [1.807, 2.05) is 4.90 Å². The number of likely N-dealkylation sites (tertiary alicyclic amines) is 1. The average molecular weight is 381 g/mol. The van der Waals surface area contributed by atoms with E-state index in [0.29, 0.717) is 25.7 Å². The van der Waals surface area contributed by atoms with Gasteiger partial charge in [-0.2, -0.15) is 0 Å². The number of nitrogens with zero attached hydrogens (tertiary/aromatic N) is 1. The first kappa shape index (κ1) is 20.6. The number of rotatable bonds is 6. The fraction of sp³-hybridized carbons (Fsp3) is 0.905. The summed E-state index contributed by atoms with van der Waals surface area (Å²) in [6, 6.07) is 0. The van der Waals surface area contributed by atoms with Gasteiger partial charge in [0.15, 0.2) is 0 Å². The number of ether oxygens (including phenoxy) is 2. The standard InChI is InChI=1S/C21H36N2O4/c1-26-16-11-21(22-19(24)17-7-14-27-15-8-17)9-12-23(13-10-21)20(25)18-5-3-2-4-6-18/h17-18H,2-16H2,1H3,(H,22,24). The van der Waals surface area contributed by atoms with Crippen molar-refractivity contribution in [3.05, 3.63) is 0 Å². The molecule has 0 radical (unpaired) electrons. The van der Waals surface area contributed by atoms with Crippen molar-refractivity contribution >= 4 is 11.8 Å². The van der Waals surface area contributed by atoms with Crippen LogP contribution in [0.25, 0.3) is 0 Å². The molecule has 2 saturated heterocycles. The lowest BCUT2D eigenvalue weighted by Crippen LogP contribution is -2.58. The highest BCUT2D eigenvalue weighted by Gasteiger charge is 2.39. The van der Waals surface area contributed by atoms with E-state index in [9.17, 15) is 9.59 Å². The summed E-state index contributed by atoms with van der Waals surface area (Å²) in [6.07, 6.45) is 9.79. The van der Waals surface area contributed by atoms with Crippen molar-refractivity contribution in [2.45, 2.75) is 69.7 Å². The number of hydrogen-bond donors (Lipinski definition) is 1. The van der Waals surface area contributed by atoms with Gasteiger partial charge in [-0.05, 0) is 44.9 Å². The molecule has 6 heteroatoms. The highest BCUT2D eigenvalue weighted by Crippen LogP contribution is 2.31. The van der Waals surface area contributed by atoms with Gasteiger partial charge in [0.05, 0.1) is 0 Å². The SMILES string of the molecule is COCCC1(NC(=O)C2CCOCC2)CCN(C(=O)C2CCCCC2)CC1. The third-order valence-electron chi connectivity index (χ3n) is 6.75. The first-order chi connectivity index (χ1) is 13.1. The summed E-state index contributed by atoms with van der Waals surface area (Å²) in [5, 5.41) is 3.36. The Bertz CT molecular complexity index is 490. The van der Waals surface area contributed by atoms with Gasteiger partial charge < -0.3 is 19.7 Å². The Morgan fingerprint density at radius 1 is 1.04 bits per heavy atom. The molecule has 6 nitrogen and oxygen atoms in total. The van der Waals surface area contributed by atoms with Crippen molar-refractivity contribution in [3.63, 3.8) is 0 Å². The van der Waals surface area contributed by atoms with Crippen LogP contribution < -0.4 is 5.32 Å². The minimum Gasteiger partial charge on any atom is -0.385 e. The van der Waals surface area contributed by atoms with E-state index in [4.69, 9.17) is 9.47 Å².